The molecule has 2 aliphatic rings. The molecule has 0 bridgehead atoms. The van der Waals surface area contributed by atoms with Crippen LogP contribution in [-0.4, -0.2) is 34.2 Å². The number of hydrogen-bond acceptors (Lipinski definition) is 7. The molecule has 40 heavy (non-hydrogen) atoms. The maximum absolute atomic E-state index is 13.5. The largest absolute Gasteiger partial charge is 0.454 e. The van der Waals surface area contributed by atoms with Gasteiger partial charge in [0.15, 0.2) is 28.9 Å². The lowest BCUT2D eigenvalue weighted by Crippen LogP contribution is -2.22. The van der Waals surface area contributed by atoms with Gasteiger partial charge in [-0.05, 0) is 60.2 Å². The Kier molecular flexibility index (Phi) is 5.24. The smallest absolute Gasteiger partial charge is 0.255 e. The van der Waals surface area contributed by atoms with Gasteiger partial charge in [0.25, 0.3) is 5.91 Å². The number of carbonyl (C=O) groups excluding carboxylic acids is 3. The van der Waals surface area contributed by atoms with E-state index >= 15 is 0 Å². The molecule has 1 amide bonds. The molecule has 7 rings (SSSR count). The molecule has 1 aliphatic carbocycles. The minimum Gasteiger partial charge on any atom is -0.454 e. The number of imidazole rings is 1. The van der Waals surface area contributed by atoms with Gasteiger partial charge in [-0.15, -0.1) is 0 Å². The second-order valence-corrected chi connectivity index (χ2v) is 9.42. The highest BCUT2D eigenvalue weighted by Gasteiger charge is 2.32. The Morgan fingerprint density at radius 2 is 1.62 bits per heavy atom. The van der Waals surface area contributed by atoms with E-state index in [4.69, 9.17) is 20.2 Å². The third-order valence-electron chi connectivity index (χ3n) is 6.93. The summed E-state index contributed by atoms with van der Waals surface area (Å²) in [5, 5.41) is 2.93. The second kappa shape index (κ2) is 8.95. The molecule has 9 heteroatoms. The number of aromatic amines is 1. The van der Waals surface area contributed by atoms with E-state index in [1.165, 1.54) is 0 Å². The number of carbonyl (C=O) groups is 3. The van der Waals surface area contributed by atoms with Gasteiger partial charge in [-0.2, -0.15) is 0 Å². The van der Waals surface area contributed by atoms with Gasteiger partial charge in [0.05, 0.1) is 16.8 Å². The Balaban J connectivity index is 1.35. The lowest BCUT2D eigenvalue weighted by molar-refractivity contribution is 0.0972. The molecule has 0 spiro atoms. The lowest BCUT2D eigenvalue weighted by atomic mass is 9.83. The van der Waals surface area contributed by atoms with Crippen molar-refractivity contribution in [2.75, 3.05) is 12.5 Å². The van der Waals surface area contributed by atoms with E-state index in [1.807, 2.05) is 6.07 Å². The summed E-state index contributed by atoms with van der Waals surface area (Å²) in [4.78, 5) is 47.9. The van der Waals surface area contributed by atoms with Crippen molar-refractivity contribution in [3.63, 3.8) is 0 Å². The molecule has 0 fully saturated rings. The average Bonchev–Trinajstić information content (AvgIpc) is 3.62. The van der Waals surface area contributed by atoms with Gasteiger partial charge < -0.3 is 25.5 Å². The van der Waals surface area contributed by atoms with Crippen molar-refractivity contribution in [1.82, 2.24) is 15.3 Å². The number of nitrogen functional groups attached to an aromatic ring is 1. The van der Waals surface area contributed by atoms with Gasteiger partial charge >= 0.3 is 0 Å². The number of nitrogens with two attached hydrogens (primary N) is 1. The predicted octanol–water partition coefficient (Wildman–Crippen LogP) is 4.58. The molecule has 0 unspecified atom stereocenters. The van der Waals surface area contributed by atoms with E-state index < -0.39 is 0 Å². The Bertz CT molecular complexity index is 1920. The molecular weight excluding hydrogens is 508 g/mol. The van der Waals surface area contributed by atoms with E-state index in [1.54, 1.807) is 78.9 Å². The second-order valence-electron chi connectivity index (χ2n) is 9.42. The first-order chi connectivity index (χ1) is 19.5. The number of hydrogen-bond donors (Lipinski definition) is 3. The van der Waals surface area contributed by atoms with Crippen molar-refractivity contribution >= 4 is 46.0 Å². The van der Waals surface area contributed by atoms with Crippen molar-refractivity contribution < 1.29 is 23.9 Å². The van der Waals surface area contributed by atoms with Crippen LogP contribution in [0, 0.1) is 0 Å². The first-order valence-electron chi connectivity index (χ1n) is 12.5. The zero-order valence-electron chi connectivity index (χ0n) is 20.9. The summed E-state index contributed by atoms with van der Waals surface area (Å²) in [5.74, 6) is 0.631. The predicted molar refractivity (Wildman–Crippen MR) is 148 cm³/mol. The quantitative estimate of drug-likeness (QED) is 0.285. The van der Waals surface area contributed by atoms with Gasteiger partial charge in [0.1, 0.15) is 5.52 Å². The Hall–Kier alpha value is -5.70. The van der Waals surface area contributed by atoms with Crippen molar-refractivity contribution in [2.24, 2.45) is 0 Å². The highest BCUT2D eigenvalue weighted by molar-refractivity contribution is 6.31. The first-order valence-corrected chi connectivity index (χ1v) is 12.5. The summed E-state index contributed by atoms with van der Waals surface area (Å²) < 4.78 is 10.9. The van der Waals surface area contributed by atoms with E-state index in [9.17, 15) is 14.4 Å². The number of fused-ring (bicyclic) bond motifs is 5. The highest BCUT2D eigenvalue weighted by atomic mass is 16.7. The van der Waals surface area contributed by atoms with Crippen LogP contribution in [0.25, 0.3) is 22.8 Å². The number of amides is 1. The van der Waals surface area contributed by atoms with Crippen LogP contribution < -0.4 is 20.5 Å². The normalized spacial score (nSPS) is 13.8. The molecule has 4 aromatic carbocycles. The standard InChI is InChI=1S/C31H20N4O5/c32-18-8-6-17(7-9-18)31(38)34-23(13-16-5-12-24-25(14-16)40-15-39-24)30-33-22-11-10-21-26(27(22)35-30)29(37)20-4-2-1-3-19(20)28(21)36/h1-14H,15,32H2,(H,33,35)(H,34,38)/b23-13-. The van der Waals surface area contributed by atoms with Gasteiger partial charge in [-0.3, -0.25) is 14.4 Å². The monoisotopic (exact) mass is 528 g/mol. The van der Waals surface area contributed by atoms with E-state index in [-0.39, 0.29) is 29.8 Å². The summed E-state index contributed by atoms with van der Waals surface area (Å²) >= 11 is 0. The van der Waals surface area contributed by atoms with Crippen LogP contribution in [0.5, 0.6) is 11.5 Å². The molecule has 0 radical (unpaired) electrons. The maximum Gasteiger partial charge on any atom is 0.255 e. The lowest BCUT2D eigenvalue weighted by Gasteiger charge is -2.17. The van der Waals surface area contributed by atoms with Crippen molar-refractivity contribution in [2.45, 2.75) is 0 Å². The van der Waals surface area contributed by atoms with Gasteiger partial charge in [0, 0.05) is 27.9 Å². The van der Waals surface area contributed by atoms with Crippen LogP contribution in [-0.2, 0) is 0 Å². The van der Waals surface area contributed by atoms with Gasteiger partial charge in [0.2, 0.25) is 6.79 Å². The summed E-state index contributed by atoms with van der Waals surface area (Å²) in [7, 11) is 0. The van der Waals surface area contributed by atoms with Crippen LogP contribution in [0.15, 0.2) is 78.9 Å². The molecule has 0 saturated heterocycles. The maximum atomic E-state index is 13.5. The molecule has 9 nitrogen and oxygen atoms in total. The van der Waals surface area contributed by atoms with E-state index in [0.717, 1.165) is 5.56 Å². The SMILES string of the molecule is Nc1ccc(C(=O)N/C(=C\c2ccc3c(c2)OCO3)c2nc3c4c(ccc3[nH]2)C(=O)c2ccccc2C4=O)cc1. The molecule has 0 atom stereocenters. The number of ketones is 2. The van der Waals surface area contributed by atoms with Crippen LogP contribution in [0.1, 0.15) is 53.6 Å². The molecule has 0 saturated carbocycles. The molecule has 4 N–H and O–H groups in total. The van der Waals surface area contributed by atoms with Crippen molar-refractivity contribution in [3.05, 3.63) is 118 Å². The van der Waals surface area contributed by atoms with E-state index in [0.29, 0.717) is 62.0 Å². The topological polar surface area (TPSA) is 136 Å². The Morgan fingerprint density at radius 1 is 0.875 bits per heavy atom. The van der Waals surface area contributed by atoms with Crippen LogP contribution >= 0.6 is 0 Å². The Morgan fingerprint density at radius 3 is 2.42 bits per heavy atom. The number of benzene rings is 4. The minimum atomic E-state index is -0.380. The summed E-state index contributed by atoms with van der Waals surface area (Å²) in [5.41, 5.74) is 9.92. The van der Waals surface area contributed by atoms with Gasteiger partial charge in [-0.25, -0.2) is 4.98 Å². The van der Waals surface area contributed by atoms with Crippen LogP contribution in [0.4, 0.5) is 5.69 Å². The molecule has 2 heterocycles. The first kappa shape index (κ1) is 23.4. The zero-order chi connectivity index (χ0) is 27.4. The third kappa shape index (κ3) is 3.80. The Labute approximate surface area is 227 Å². The van der Waals surface area contributed by atoms with Crippen LogP contribution in [0.3, 0.4) is 0 Å². The number of nitrogens with one attached hydrogen (secondary N) is 2. The number of ether oxygens (including phenoxy) is 2. The summed E-state index contributed by atoms with van der Waals surface area (Å²) in [6.45, 7) is 0.133. The third-order valence-corrected chi connectivity index (χ3v) is 6.93. The molecule has 5 aromatic rings. The zero-order valence-corrected chi connectivity index (χ0v) is 20.9. The fourth-order valence-corrected chi connectivity index (χ4v) is 4.94. The minimum absolute atomic E-state index is 0.133. The van der Waals surface area contributed by atoms with E-state index in [2.05, 4.69) is 10.3 Å². The van der Waals surface area contributed by atoms with Crippen LogP contribution in [0.2, 0.25) is 0 Å². The van der Waals surface area contributed by atoms with Crippen molar-refractivity contribution in [1.29, 1.82) is 0 Å². The fourth-order valence-electron chi connectivity index (χ4n) is 4.94. The molecule has 194 valence electrons. The molecular formula is C31H20N4O5. The number of H-pyrrole nitrogens is 1. The van der Waals surface area contributed by atoms with Crippen molar-refractivity contribution in [3.8, 4) is 11.5 Å². The number of anilines is 1. The highest BCUT2D eigenvalue weighted by Crippen LogP contribution is 2.35. The molecule has 1 aromatic heterocycles. The number of nitrogens with zero attached hydrogens (tertiary/aromatic N) is 1. The molecule has 1 aliphatic heterocycles. The summed E-state index contributed by atoms with van der Waals surface area (Å²) in [6.07, 6.45) is 1.74. The number of aromatic nitrogens is 2. The average molecular weight is 529 g/mol. The number of rotatable bonds is 4. The van der Waals surface area contributed by atoms with Gasteiger partial charge in [-0.1, -0.05) is 30.3 Å². The fraction of sp³-hybridized carbons (Fsp3) is 0.0323. The summed E-state index contributed by atoms with van der Waals surface area (Å²) in [6, 6.07) is 22.0.